The van der Waals surface area contributed by atoms with E-state index in [1.807, 2.05) is 24.3 Å². The first-order valence-corrected chi connectivity index (χ1v) is 12.7. The van der Waals surface area contributed by atoms with Gasteiger partial charge in [0, 0.05) is 29.9 Å². The van der Waals surface area contributed by atoms with E-state index < -0.39 is 0 Å². The lowest BCUT2D eigenvalue weighted by Crippen LogP contribution is -2.49. The minimum atomic E-state index is -0.0247. The van der Waals surface area contributed by atoms with E-state index in [4.69, 9.17) is 21.3 Å². The van der Waals surface area contributed by atoms with Crippen LogP contribution in [0.2, 0.25) is 5.02 Å². The fourth-order valence-electron chi connectivity index (χ4n) is 4.79. The van der Waals surface area contributed by atoms with Gasteiger partial charge in [0.1, 0.15) is 5.82 Å². The molecule has 1 saturated heterocycles. The molecule has 0 bridgehead atoms. The topological polar surface area (TPSA) is 101 Å². The highest BCUT2D eigenvalue weighted by atomic mass is 35.5. The van der Waals surface area contributed by atoms with Crippen LogP contribution in [0.1, 0.15) is 38.2 Å². The van der Waals surface area contributed by atoms with E-state index in [1.165, 1.54) is 0 Å². The molecule has 0 spiro atoms. The lowest BCUT2D eigenvalue weighted by molar-refractivity contribution is -0.124. The Morgan fingerprint density at radius 1 is 1.09 bits per heavy atom. The minimum absolute atomic E-state index is 0.0247. The lowest BCUT2D eigenvalue weighted by atomic mass is 9.82. The van der Waals surface area contributed by atoms with E-state index >= 15 is 0 Å². The highest BCUT2D eigenvalue weighted by Gasteiger charge is 2.26. The van der Waals surface area contributed by atoms with Crippen LogP contribution in [0.15, 0.2) is 42.7 Å². The van der Waals surface area contributed by atoms with E-state index in [-0.39, 0.29) is 24.4 Å². The quantitative estimate of drug-likeness (QED) is 0.431. The lowest BCUT2D eigenvalue weighted by Gasteiger charge is -2.33. The van der Waals surface area contributed by atoms with Crippen LogP contribution in [-0.2, 0) is 16.0 Å². The molecular formula is C26H31ClN6O2. The number of fused-ring (bicyclic) bond motifs is 1. The molecule has 3 aromatic rings. The van der Waals surface area contributed by atoms with E-state index in [9.17, 15) is 4.79 Å². The maximum Gasteiger partial charge on any atom is 0.224 e. The number of nitrogens with zero attached hydrogens (tertiary/aromatic N) is 3. The standard InChI is InChI=1S/C26H31ClN6O2/c1-16(30-26-28-12-17(13-29-26)11-24(34)32-21-14-35-15-21)18-5-8-20(9-6-18)31-23-10-7-19-3-2-4-22(27)25(19)33-23/h2-4,7,10,12-13,16,18,20-21H,5-6,8-9,11,14-15H2,1H3,(H,31,33)(H,32,34)(H,28,29,30)/t16-,18?,20?/m0/s1. The summed E-state index contributed by atoms with van der Waals surface area (Å²) in [4.78, 5) is 25.6. The van der Waals surface area contributed by atoms with Gasteiger partial charge >= 0.3 is 0 Å². The summed E-state index contributed by atoms with van der Waals surface area (Å²) in [7, 11) is 0. The maximum atomic E-state index is 12.0. The number of carbonyl (C=O) groups is 1. The molecule has 1 aliphatic carbocycles. The number of rotatable bonds is 8. The van der Waals surface area contributed by atoms with E-state index in [2.05, 4.69) is 38.9 Å². The molecule has 9 heteroatoms. The van der Waals surface area contributed by atoms with Crippen LogP contribution in [0.3, 0.4) is 0 Å². The van der Waals surface area contributed by atoms with Gasteiger partial charge in [0.2, 0.25) is 11.9 Å². The Balaban J connectivity index is 1.08. The summed E-state index contributed by atoms with van der Waals surface area (Å²) in [5, 5.41) is 11.7. The van der Waals surface area contributed by atoms with Crippen molar-refractivity contribution in [2.24, 2.45) is 5.92 Å². The fourth-order valence-corrected chi connectivity index (χ4v) is 5.01. The van der Waals surface area contributed by atoms with Gasteiger partial charge in [-0.05, 0) is 62.3 Å². The molecule has 2 aliphatic rings. The molecule has 1 aromatic carbocycles. The highest BCUT2D eigenvalue weighted by molar-refractivity contribution is 6.35. The molecule has 35 heavy (non-hydrogen) atoms. The number of hydrogen-bond acceptors (Lipinski definition) is 7. The van der Waals surface area contributed by atoms with Gasteiger partial charge < -0.3 is 20.7 Å². The number of halogens is 1. The summed E-state index contributed by atoms with van der Waals surface area (Å²) >= 11 is 6.32. The number of benzene rings is 1. The molecular weight excluding hydrogens is 464 g/mol. The third kappa shape index (κ3) is 6.00. The van der Waals surface area contributed by atoms with Crippen molar-refractivity contribution in [2.75, 3.05) is 23.8 Å². The van der Waals surface area contributed by atoms with Crippen LogP contribution < -0.4 is 16.0 Å². The molecule has 5 rings (SSSR count). The van der Waals surface area contributed by atoms with Gasteiger partial charge in [-0.1, -0.05) is 23.7 Å². The average molecular weight is 495 g/mol. The highest BCUT2D eigenvalue weighted by Crippen LogP contribution is 2.30. The Labute approximate surface area is 210 Å². The molecule has 1 atom stereocenters. The predicted octanol–water partition coefficient (Wildman–Crippen LogP) is 4.21. The number of nitrogens with one attached hydrogen (secondary N) is 3. The average Bonchev–Trinajstić information content (AvgIpc) is 2.84. The summed E-state index contributed by atoms with van der Waals surface area (Å²) in [5.74, 6) is 2.00. The monoisotopic (exact) mass is 494 g/mol. The second-order valence-electron chi connectivity index (χ2n) is 9.59. The SMILES string of the molecule is C[C@H](Nc1ncc(CC(=O)NC2COC2)cn1)C1CCC(Nc2ccc3cccc(Cl)c3n2)CC1. The summed E-state index contributed by atoms with van der Waals surface area (Å²) in [6.07, 6.45) is 8.12. The van der Waals surface area contributed by atoms with Crippen LogP contribution in [0.25, 0.3) is 10.9 Å². The van der Waals surface area contributed by atoms with Gasteiger partial charge in [-0.25, -0.2) is 15.0 Å². The van der Waals surface area contributed by atoms with Gasteiger partial charge in [0.25, 0.3) is 0 Å². The van der Waals surface area contributed by atoms with Crippen molar-refractivity contribution in [2.45, 2.75) is 57.2 Å². The number of carbonyl (C=O) groups excluding carboxylic acids is 1. The normalized spacial score (nSPS) is 21.2. The van der Waals surface area contributed by atoms with Crippen LogP contribution in [-0.4, -0.2) is 52.2 Å². The zero-order valence-corrected chi connectivity index (χ0v) is 20.6. The number of amides is 1. The number of hydrogen-bond donors (Lipinski definition) is 3. The second-order valence-corrected chi connectivity index (χ2v) is 10.00. The van der Waals surface area contributed by atoms with Crippen molar-refractivity contribution in [3.8, 4) is 0 Å². The van der Waals surface area contributed by atoms with Gasteiger partial charge in [0.15, 0.2) is 0 Å². The molecule has 8 nitrogen and oxygen atoms in total. The fraction of sp³-hybridized carbons (Fsp3) is 0.462. The Kier molecular flexibility index (Phi) is 7.29. The molecule has 3 N–H and O–H groups in total. The Hall–Kier alpha value is -2.97. The second kappa shape index (κ2) is 10.7. The summed E-state index contributed by atoms with van der Waals surface area (Å²) in [5.41, 5.74) is 1.64. The first-order valence-electron chi connectivity index (χ1n) is 12.3. The van der Waals surface area contributed by atoms with Crippen LogP contribution in [0.4, 0.5) is 11.8 Å². The number of aromatic nitrogens is 3. The van der Waals surface area contributed by atoms with Crippen LogP contribution >= 0.6 is 11.6 Å². The van der Waals surface area contributed by atoms with Crippen molar-refractivity contribution in [3.63, 3.8) is 0 Å². The Morgan fingerprint density at radius 2 is 1.86 bits per heavy atom. The molecule has 184 valence electrons. The van der Waals surface area contributed by atoms with Crippen molar-refractivity contribution >= 4 is 40.2 Å². The van der Waals surface area contributed by atoms with Crippen molar-refractivity contribution in [3.05, 3.63) is 53.3 Å². The number of ether oxygens (including phenoxy) is 1. The van der Waals surface area contributed by atoms with Gasteiger partial charge in [0.05, 0.1) is 36.2 Å². The molecule has 1 amide bonds. The summed E-state index contributed by atoms with van der Waals surface area (Å²) in [6, 6.07) is 10.7. The maximum absolute atomic E-state index is 12.0. The molecule has 1 aliphatic heterocycles. The molecule has 0 radical (unpaired) electrons. The van der Waals surface area contributed by atoms with Gasteiger partial charge in [-0.3, -0.25) is 4.79 Å². The Bertz CT molecular complexity index is 1160. The minimum Gasteiger partial charge on any atom is -0.377 e. The number of pyridine rings is 1. The van der Waals surface area contributed by atoms with Crippen molar-refractivity contribution in [1.82, 2.24) is 20.3 Å². The van der Waals surface area contributed by atoms with Crippen LogP contribution in [0.5, 0.6) is 0 Å². The largest absolute Gasteiger partial charge is 0.377 e. The zero-order valence-electron chi connectivity index (χ0n) is 19.8. The first-order chi connectivity index (χ1) is 17.0. The third-order valence-electron chi connectivity index (χ3n) is 6.93. The number of para-hydroxylation sites is 1. The summed E-state index contributed by atoms with van der Waals surface area (Å²) < 4.78 is 5.08. The number of anilines is 2. The van der Waals surface area contributed by atoms with Gasteiger partial charge in [-0.15, -0.1) is 0 Å². The molecule has 2 fully saturated rings. The molecule has 3 heterocycles. The van der Waals surface area contributed by atoms with Gasteiger partial charge in [-0.2, -0.15) is 0 Å². The zero-order chi connectivity index (χ0) is 24.2. The predicted molar refractivity (Wildman–Crippen MR) is 138 cm³/mol. The van der Waals surface area contributed by atoms with Crippen LogP contribution in [0, 0.1) is 5.92 Å². The van der Waals surface area contributed by atoms with Crippen molar-refractivity contribution < 1.29 is 9.53 Å². The summed E-state index contributed by atoms with van der Waals surface area (Å²) in [6.45, 7) is 3.38. The Morgan fingerprint density at radius 3 is 2.57 bits per heavy atom. The van der Waals surface area contributed by atoms with E-state index in [1.54, 1.807) is 12.4 Å². The smallest absolute Gasteiger partial charge is 0.224 e. The molecule has 1 saturated carbocycles. The van der Waals surface area contributed by atoms with E-state index in [0.717, 1.165) is 48.0 Å². The van der Waals surface area contributed by atoms with E-state index in [0.29, 0.717) is 36.1 Å². The first kappa shape index (κ1) is 23.8. The molecule has 2 aromatic heterocycles. The van der Waals surface area contributed by atoms with Crippen molar-refractivity contribution in [1.29, 1.82) is 0 Å². The molecule has 0 unspecified atom stereocenters. The third-order valence-corrected chi connectivity index (χ3v) is 7.24.